The maximum absolute atomic E-state index is 12.6. The number of hydrogen-bond acceptors (Lipinski definition) is 9. The summed E-state index contributed by atoms with van der Waals surface area (Å²) in [6.45, 7) is 2.61. The van der Waals surface area contributed by atoms with E-state index in [1.165, 1.54) is 57.8 Å². The molecule has 0 aromatic heterocycles. The molecule has 4 N–H and O–H groups in total. The Morgan fingerprint density at radius 3 is 1.54 bits per heavy atom. The zero-order chi connectivity index (χ0) is 40.0. The lowest BCUT2D eigenvalue weighted by molar-refractivity contribution is -0.161. The monoisotopic (exact) mass is 781 g/mol. The van der Waals surface area contributed by atoms with E-state index in [-0.39, 0.29) is 19.4 Å². The third kappa shape index (κ3) is 36.2. The average Bonchev–Trinajstić information content (AvgIpc) is 3.14. The van der Waals surface area contributed by atoms with E-state index in [1.54, 1.807) is 0 Å². The molecular formula is C42H72NO10P. The van der Waals surface area contributed by atoms with Crippen LogP contribution < -0.4 is 5.73 Å². The van der Waals surface area contributed by atoms with Gasteiger partial charge in [0, 0.05) is 12.8 Å². The van der Waals surface area contributed by atoms with Crippen LogP contribution in [0.1, 0.15) is 155 Å². The van der Waals surface area contributed by atoms with Gasteiger partial charge in [-0.2, -0.15) is 0 Å². The second kappa shape index (κ2) is 37.1. The third-order valence-electron chi connectivity index (χ3n) is 8.28. The van der Waals surface area contributed by atoms with Crippen molar-refractivity contribution in [2.75, 3.05) is 19.8 Å². The molecule has 12 heteroatoms. The van der Waals surface area contributed by atoms with Gasteiger partial charge < -0.3 is 25.2 Å². The van der Waals surface area contributed by atoms with E-state index >= 15 is 0 Å². The van der Waals surface area contributed by atoms with Crippen molar-refractivity contribution in [1.29, 1.82) is 0 Å². The van der Waals surface area contributed by atoms with E-state index in [0.717, 1.165) is 51.4 Å². The molecule has 54 heavy (non-hydrogen) atoms. The van der Waals surface area contributed by atoms with E-state index in [4.69, 9.17) is 24.8 Å². The van der Waals surface area contributed by atoms with Crippen LogP contribution in [0, 0.1) is 0 Å². The Balaban J connectivity index is 4.52. The van der Waals surface area contributed by atoms with Crippen molar-refractivity contribution < 1.29 is 47.5 Å². The number of carbonyl (C=O) groups excluding carboxylic acids is 2. The van der Waals surface area contributed by atoms with Gasteiger partial charge >= 0.3 is 25.7 Å². The molecule has 0 fully saturated rings. The number of allylic oxidation sites excluding steroid dienone is 10. The summed E-state index contributed by atoms with van der Waals surface area (Å²) in [5.74, 6) is -2.46. The van der Waals surface area contributed by atoms with Gasteiger partial charge in [0.15, 0.2) is 6.10 Å². The van der Waals surface area contributed by atoms with Crippen LogP contribution in [0.5, 0.6) is 0 Å². The molecule has 0 aromatic carbocycles. The van der Waals surface area contributed by atoms with Crippen LogP contribution in [-0.2, 0) is 37.5 Å². The zero-order valence-electron chi connectivity index (χ0n) is 33.3. The molecule has 310 valence electrons. The van der Waals surface area contributed by atoms with Gasteiger partial charge in [-0.3, -0.25) is 23.4 Å². The summed E-state index contributed by atoms with van der Waals surface area (Å²) in [6.07, 6.45) is 41.5. The summed E-state index contributed by atoms with van der Waals surface area (Å²) in [5, 5.41) is 8.87. The van der Waals surface area contributed by atoms with E-state index in [1.807, 2.05) is 12.2 Å². The average molecular weight is 782 g/mol. The first-order valence-electron chi connectivity index (χ1n) is 20.3. The third-order valence-corrected chi connectivity index (χ3v) is 9.23. The Bertz CT molecular complexity index is 1150. The van der Waals surface area contributed by atoms with Gasteiger partial charge in [-0.05, 0) is 51.4 Å². The minimum Gasteiger partial charge on any atom is -0.480 e. The SMILES string of the molecule is CC/C=C\C/C=C\C/C=C\C/C=C\C/C=C\CCCC(=O)O[C@H](COC(=O)CCCCCCCCCCCCCCC)COP(=O)(O)OC[C@H](N)C(=O)O. The maximum Gasteiger partial charge on any atom is 0.472 e. The minimum atomic E-state index is -4.73. The number of esters is 2. The summed E-state index contributed by atoms with van der Waals surface area (Å²) in [4.78, 5) is 45.8. The summed E-state index contributed by atoms with van der Waals surface area (Å²) >= 11 is 0. The molecule has 1 unspecified atom stereocenters. The highest BCUT2D eigenvalue weighted by Crippen LogP contribution is 2.43. The van der Waals surface area contributed by atoms with Crippen molar-refractivity contribution >= 4 is 25.7 Å². The van der Waals surface area contributed by atoms with Gasteiger partial charge in [0.05, 0.1) is 13.2 Å². The Kier molecular flexibility index (Phi) is 35.2. The number of nitrogens with two attached hydrogens (primary N) is 1. The lowest BCUT2D eigenvalue weighted by Gasteiger charge is -2.20. The smallest absolute Gasteiger partial charge is 0.472 e. The molecule has 11 nitrogen and oxygen atoms in total. The number of carboxylic acid groups (broad SMARTS) is 1. The van der Waals surface area contributed by atoms with E-state index in [0.29, 0.717) is 19.3 Å². The maximum atomic E-state index is 12.6. The molecule has 3 atom stereocenters. The summed E-state index contributed by atoms with van der Waals surface area (Å²) in [5.41, 5.74) is 5.32. The minimum absolute atomic E-state index is 0.0818. The molecule has 0 aliphatic heterocycles. The predicted molar refractivity (Wildman–Crippen MR) is 217 cm³/mol. The fourth-order valence-corrected chi connectivity index (χ4v) is 5.88. The lowest BCUT2D eigenvalue weighted by atomic mass is 10.0. The highest BCUT2D eigenvalue weighted by atomic mass is 31.2. The van der Waals surface area contributed by atoms with Gasteiger partial charge in [0.1, 0.15) is 12.6 Å². The number of aliphatic carboxylic acids is 1. The molecule has 0 spiro atoms. The van der Waals surface area contributed by atoms with Gasteiger partial charge in [0.2, 0.25) is 0 Å². The highest BCUT2D eigenvalue weighted by molar-refractivity contribution is 7.47. The largest absolute Gasteiger partial charge is 0.480 e. The molecule has 0 amide bonds. The molecule has 0 radical (unpaired) electrons. The quantitative estimate of drug-likeness (QED) is 0.0237. The van der Waals surface area contributed by atoms with Gasteiger partial charge in [0.25, 0.3) is 0 Å². The Morgan fingerprint density at radius 1 is 0.593 bits per heavy atom. The molecular weight excluding hydrogens is 709 g/mol. The second-order valence-electron chi connectivity index (χ2n) is 13.4. The van der Waals surface area contributed by atoms with Crippen molar-refractivity contribution in [3.63, 3.8) is 0 Å². The number of phosphoric ester groups is 1. The lowest BCUT2D eigenvalue weighted by Crippen LogP contribution is -2.34. The number of unbranched alkanes of at least 4 members (excludes halogenated alkanes) is 13. The number of phosphoric acid groups is 1. The predicted octanol–water partition coefficient (Wildman–Crippen LogP) is 10.4. The Hall–Kier alpha value is -2.82. The first-order valence-corrected chi connectivity index (χ1v) is 21.8. The standard InChI is InChI=1S/C42H72NO10P/c1-3-5-7-9-11-13-15-17-18-19-20-22-24-26-28-30-32-34-41(45)53-38(36-51-54(48,49)52-37-39(43)42(46)47)35-50-40(44)33-31-29-27-25-23-21-16-14-12-10-8-6-4-2/h5,7,11,13,17-18,20,22,26,28,38-39H,3-4,6,8-10,12,14-16,19,21,23-25,27,29-37,43H2,1-2H3,(H,46,47)(H,48,49)/b7-5-,13-11-,18-17-,22-20-,28-26-/t38-,39+/m1/s1. The number of carbonyl (C=O) groups is 3. The highest BCUT2D eigenvalue weighted by Gasteiger charge is 2.28. The van der Waals surface area contributed by atoms with E-state index in [2.05, 4.69) is 67.0 Å². The fraction of sp³-hybridized carbons (Fsp3) is 0.690. The second-order valence-corrected chi connectivity index (χ2v) is 14.8. The number of hydrogen-bond donors (Lipinski definition) is 3. The fourth-order valence-electron chi connectivity index (χ4n) is 5.10. The molecule has 0 heterocycles. The van der Waals surface area contributed by atoms with Crippen molar-refractivity contribution in [1.82, 2.24) is 0 Å². The normalized spacial score (nSPS) is 14.4. The van der Waals surface area contributed by atoms with E-state index < -0.39 is 51.1 Å². The molecule has 0 aromatic rings. The van der Waals surface area contributed by atoms with Crippen LogP contribution in [0.4, 0.5) is 0 Å². The van der Waals surface area contributed by atoms with Crippen LogP contribution in [0.25, 0.3) is 0 Å². The van der Waals surface area contributed by atoms with Gasteiger partial charge in [-0.1, -0.05) is 152 Å². The van der Waals surface area contributed by atoms with Crippen molar-refractivity contribution in [2.24, 2.45) is 5.73 Å². The summed E-state index contributed by atoms with van der Waals surface area (Å²) < 4.78 is 32.6. The van der Waals surface area contributed by atoms with Gasteiger partial charge in [-0.25, -0.2) is 4.57 Å². The molecule has 0 saturated carbocycles. The Labute approximate surface area is 326 Å². The molecule has 0 aliphatic carbocycles. The topological polar surface area (TPSA) is 172 Å². The van der Waals surface area contributed by atoms with Crippen molar-refractivity contribution in [2.45, 2.75) is 167 Å². The number of rotatable bonds is 37. The molecule has 0 saturated heterocycles. The molecule has 0 aliphatic rings. The number of carboxylic acids is 1. The zero-order valence-corrected chi connectivity index (χ0v) is 34.2. The first kappa shape index (κ1) is 51.2. The van der Waals surface area contributed by atoms with Gasteiger partial charge in [-0.15, -0.1) is 0 Å². The molecule has 0 rings (SSSR count). The molecule has 0 bridgehead atoms. The van der Waals surface area contributed by atoms with E-state index in [9.17, 15) is 23.8 Å². The first-order chi connectivity index (χ1) is 26.1. The number of ether oxygens (including phenoxy) is 2. The Morgan fingerprint density at radius 2 is 1.04 bits per heavy atom. The van der Waals surface area contributed by atoms with Crippen molar-refractivity contribution in [3.05, 3.63) is 60.8 Å². The summed E-state index contributed by atoms with van der Waals surface area (Å²) in [6, 6.07) is -1.53. The van der Waals surface area contributed by atoms with Crippen LogP contribution in [0.3, 0.4) is 0 Å². The van der Waals surface area contributed by atoms with Crippen molar-refractivity contribution in [3.8, 4) is 0 Å². The van der Waals surface area contributed by atoms with Crippen LogP contribution in [0.15, 0.2) is 60.8 Å². The van der Waals surface area contributed by atoms with Crippen LogP contribution in [0.2, 0.25) is 0 Å². The summed E-state index contributed by atoms with van der Waals surface area (Å²) in [7, 11) is -4.73. The van der Waals surface area contributed by atoms with Crippen LogP contribution >= 0.6 is 7.82 Å². The van der Waals surface area contributed by atoms with Crippen LogP contribution in [-0.4, -0.2) is 59.9 Å².